The van der Waals surface area contributed by atoms with Crippen LogP contribution in [0.5, 0.6) is 0 Å². The van der Waals surface area contributed by atoms with E-state index in [-0.39, 0.29) is 40.8 Å². The van der Waals surface area contributed by atoms with Crippen molar-refractivity contribution in [2.24, 2.45) is 205 Å². The van der Waals surface area contributed by atoms with E-state index in [1.807, 2.05) is 20.8 Å². The summed E-state index contributed by atoms with van der Waals surface area (Å²) >= 11 is 3.62. The summed E-state index contributed by atoms with van der Waals surface area (Å²) in [6, 6.07) is 0. The monoisotopic (exact) mass is 1890 g/mol. The van der Waals surface area contributed by atoms with Crippen LogP contribution in [0.3, 0.4) is 0 Å². The van der Waals surface area contributed by atoms with Crippen molar-refractivity contribution < 1.29 is 49.8 Å². The van der Waals surface area contributed by atoms with Crippen molar-refractivity contribution in [1.29, 1.82) is 0 Å². The molecule has 13 heteroatoms. The molecule has 2 saturated heterocycles. The van der Waals surface area contributed by atoms with Gasteiger partial charge < -0.3 is 30.6 Å². The van der Waals surface area contributed by atoms with E-state index >= 15 is 0 Å². The van der Waals surface area contributed by atoms with Crippen molar-refractivity contribution in [2.75, 3.05) is 51.2 Å². The fraction of sp³-hybridized carbons (Fsp3) is 0.899. The first-order valence-electron chi connectivity index (χ1n) is 56.5. The van der Waals surface area contributed by atoms with Crippen molar-refractivity contribution >= 4 is 39.1 Å². The second-order valence-electron chi connectivity index (χ2n) is 54.8. The normalized spacial score (nSPS) is 51.8. The molecule has 2 heterocycles. The molecule has 132 heavy (non-hydrogen) atoms. The first-order valence-corrected chi connectivity index (χ1v) is 57.7. The van der Waals surface area contributed by atoms with Crippen LogP contribution in [0.2, 0.25) is 0 Å². The number of piperidine rings is 2. The van der Waals surface area contributed by atoms with Gasteiger partial charge in [-0.3, -0.25) is 29.0 Å². The van der Waals surface area contributed by atoms with Gasteiger partial charge in [-0.15, -0.1) is 0 Å². The fourth-order valence-corrected chi connectivity index (χ4v) is 41.5. The third-order valence-electron chi connectivity index (χ3n) is 47.3. The lowest BCUT2D eigenvalue weighted by molar-refractivity contribution is -0.149. The molecule has 22 fully saturated rings. The number of likely N-dealkylation sites (tertiary alicyclic amines) is 2. The maximum absolute atomic E-state index is 13.4. The van der Waals surface area contributed by atoms with E-state index in [1.54, 1.807) is 5.57 Å². The van der Waals surface area contributed by atoms with E-state index in [0.29, 0.717) is 147 Å². The van der Waals surface area contributed by atoms with Gasteiger partial charge in [0, 0.05) is 54.8 Å². The number of carbonyl (C=O) groups excluding carboxylic acids is 4. The van der Waals surface area contributed by atoms with E-state index in [0.717, 1.165) is 198 Å². The molecule has 40 atom stereocenters. The second kappa shape index (κ2) is 38.5. The predicted molar refractivity (Wildman–Crippen MR) is 536 cm³/mol. The van der Waals surface area contributed by atoms with Gasteiger partial charge in [-0.2, -0.15) is 0 Å². The molecule has 20 saturated carbocycles. The lowest BCUT2D eigenvalue weighted by atomic mass is 9.48. The molecule has 0 aromatic heterocycles. The number of alkyl halides is 1. The Bertz CT molecular complexity index is 3970. The number of Topliss-reactive ketones (excluding diaryl/α,β-unsaturated/α-hetero) is 4. The topological polar surface area (TPSA) is 196 Å². The molecule has 22 aliphatic rings. The Morgan fingerprint density at radius 1 is 0.311 bits per heavy atom. The van der Waals surface area contributed by atoms with E-state index in [4.69, 9.17) is 0 Å². The van der Waals surface area contributed by atoms with Gasteiger partial charge in [0.25, 0.3) is 0 Å². The Kier molecular flexibility index (Phi) is 29.1. The van der Waals surface area contributed by atoms with Gasteiger partial charge in [-0.05, 0) is 530 Å². The third kappa shape index (κ3) is 18.9. The zero-order valence-electron chi connectivity index (χ0n) is 85.3. The average Bonchev–Trinajstić information content (AvgIpc) is 1.45. The van der Waals surface area contributed by atoms with Gasteiger partial charge in [0.05, 0.1) is 41.2 Å². The highest BCUT2D eigenvalue weighted by Gasteiger charge is 2.66. The molecule has 0 aromatic rings. The molecule has 0 radical (unpaired) electrons. The van der Waals surface area contributed by atoms with Gasteiger partial charge in [0.1, 0.15) is 23.1 Å². The Balaban J connectivity index is 0.000000111. The molecule has 20 aliphatic carbocycles. The van der Waals surface area contributed by atoms with E-state index in [1.165, 1.54) is 223 Å². The average molecular weight is 1890 g/mol. The van der Waals surface area contributed by atoms with Crippen molar-refractivity contribution in [2.45, 2.75) is 412 Å². The van der Waals surface area contributed by atoms with Crippen molar-refractivity contribution in [1.82, 2.24) is 9.80 Å². The molecule has 0 spiro atoms. The molecule has 12 nitrogen and oxygen atoms in total. The number of nitrogens with zero attached hydrogens (tertiary/aromatic N) is 2. The number of aliphatic hydroxyl groups is 6. The zero-order valence-corrected chi connectivity index (χ0v) is 86.9. The predicted octanol–water partition coefficient (Wildman–Crippen LogP) is 24.7. The Labute approximate surface area is 810 Å². The molecule has 0 aromatic carbocycles. The second-order valence-corrected chi connectivity index (χ2v) is 55.4. The SMILES string of the molecule is C=C(C)[C@H]1CC[C@H]2[C@@H]3CC(=O)[C@H]4C[C@@](C)(O)CC[C@@H]4[C@H]3CC[C@]12C.C=C(CBr)[C@H]1CC[C@H]2[C@@H]3CC(=O)[C@H]4C[C@@](C)(O)CC[C@@H]4[C@H]3CC[C@]12C.C=C(CN1CCCCC1)[C@H]1CC[C@H]2[C@@H]3CC[C@H]4C[C@@](C)(O)CC[C@@H]4[C@H]3CC[C@]12C.C=C(CO)[C@H]1CC[C@H]2[C@@H]3CC(=O)[C@H]4C[C@@](C)(O)CC[C@@H]4[C@H]3CC[C@]12C.C[C@]1(O)CC[C@H]2[C@@H](CC[C@@H]3[C@@H]2CC[C@]2(C)[C@@H](C(=O)CN4CCCCC4)CC[C@@H]32)C1. The van der Waals surface area contributed by atoms with Crippen LogP contribution in [0, 0.1) is 205 Å². The highest BCUT2D eigenvalue weighted by Crippen LogP contribution is 2.72. The molecule has 6 N–H and O–H groups in total. The molecule has 0 bridgehead atoms. The minimum absolute atomic E-state index is 0.0963. The van der Waals surface area contributed by atoms with Gasteiger partial charge in [0.15, 0.2) is 0 Å². The number of hydrogen-bond acceptors (Lipinski definition) is 12. The number of halogens is 1. The number of ketones is 4. The first kappa shape index (κ1) is 99.9. The third-order valence-corrected chi connectivity index (χ3v) is 48.0. The van der Waals surface area contributed by atoms with Crippen molar-refractivity contribution in [3.63, 3.8) is 0 Å². The molecule has 2 aliphatic heterocycles. The van der Waals surface area contributed by atoms with Crippen LogP contribution in [0.4, 0.5) is 0 Å². The van der Waals surface area contributed by atoms with E-state index in [9.17, 15) is 49.8 Å². The van der Waals surface area contributed by atoms with Crippen LogP contribution >= 0.6 is 15.9 Å². The smallest absolute Gasteiger partial charge is 0.150 e. The largest absolute Gasteiger partial charge is 0.392 e. The summed E-state index contributed by atoms with van der Waals surface area (Å²) in [5.74, 6) is 21.1. The number of aliphatic hydroxyl groups excluding tert-OH is 1. The summed E-state index contributed by atoms with van der Waals surface area (Å²) < 4.78 is 0. The number of rotatable bonds is 11. The number of hydrogen-bond donors (Lipinski definition) is 6. The highest BCUT2D eigenvalue weighted by atomic mass is 79.9. The lowest BCUT2D eigenvalue weighted by Gasteiger charge is -2.57. The maximum Gasteiger partial charge on any atom is 0.150 e. The van der Waals surface area contributed by atoms with Crippen molar-refractivity contribution in [3.8, 4) is 0 Å². The number of allylic oxidation sites excluding steroid dienone is 2. The Hall–Kier alpha value is -2.20. The molecular weight excluding hydrogens is 1700 g/mol. The summed E-state index contributed by atoms with van der Waals surface area (Å²) in [6.07, 6.45) is 56.1. The van der Waals surface area contributed by atoms with Crippen LogP contribution in [0.25, 0.3) is 0 Å². The summed E-state index contributed by atoms with van der Waals surface area (Å²) in [4.78, 5) is 57.4. The number of fused-ring (bicyclic) bond motifs is 25. The van der Waals surface area contributed by atoms with Crippen LogP contribution in [-0.4, -0.2) is 143 Å². The lowest BCUT2D eigenvalue weighted by Crippen LogP contribution is -2.53. The van der Waals surface area contributed by atoms with Gasteiger partial charge >= 0.3 is 0 Å². The Morgan fingerprint density at radius 3 is 0.939 bits per heavy atom. The summed E-state index contributed by atoms with van der Waals surface area (Å²) in [6.45, 7) is 48.9. The fourth-order valence-electron chi connectivity index (χ4n) is 41.1. The van der Waals surface area contributed by atoms with Gasteiger partial charge in [-0.25, -0.2) is 0 Å². The summed E-state index contributed by atoms with van der Waals surface area (Å²) in [7, 11) is 0. The summed E-state index contributed by atoms with van der Waals surface area (Å²) in [5, 5.41) is 63.1. The maximum atomic E-state index is 13.4. The highest BCUT2D eigenvalue weighted by molar-refractivity contribution is 9.09. The van der Waals surface area contributed by atoms with E-state index < -0.39 is 22.4 Å². The van der Waals surface area contributed by atoms with Crippen LogP contribution in [-0.2, 0) is 19.2 Å². The minimum atomic E-state index is -0.649. The summed E-state index contributed by atoms with van der Waals surface area (Å²) in [5.41, 5.74) is 4.29. The molecule has 0 unspecified atom stereocenters. The molecule has 22 rings (SSSR count). The van der Waals surface area contributed by atoms with Gasteiger partial charge in [0.2, 0.25) is 0 Å². The van der Waals surface area contributed by atoms with Crippen LogP contribution in [0.1, 0.15) is 384 Å². The molecule has 0 amide bonds. The van der Waals surface area contributed by atoms with Crippen LogP contribution in [0.15, 0.2) is 48.6 Å². The standard InChI is InChI=1S/C27H45NO.C26H43NO2.C22H33BrO2.C22H34O3.C22H34O2/c1-19(18-28-15-5-4-6-16-28)24-9-10-25-23-8-7-20-17-26(2,29)13-11-21(20)22(23)12-14-27(24,25)3;1-25(29)12-10-19-18(16-25)6-7-21-20(19)11-13-26(2)22(21)8-9-23(26)24(28)17-27-14-4-3-5-15-27;2*1-13(12-23)18-4-5-19-16-10-20(24)17-11-21(2,25)8-6-15(17)14(16)7-9-22(18,19)3;1-13(2)18-5-6-19-16-11-20(23)17-12-21(3,24)9-7-15(17)14(16)8-10-22(18,19)4/h20-25,29H,1,4-18H2,2-3H3;18-23,29H,3-17H2,1-2H3;14-19,25H,1,4-12H2,2-3H3;14-19,23,25H,1,4-12H2,2-3H3;14-19,24H,1,5-12H2,2-4H3/t20-,21-,22+,23+,24+,25-,26-,27+;18-,19-,20+,21+,22-,23+,25-,26-;3*14-,15-,16-,17+,18-,19+,21+,22-/m00111/s1. The molecular formula is C119H189BrN2O10. The van der Waals surface area contributed by atoms with Crippen LogP contribution < -0.4 is 0 Å². The zero-order chi connectivity index (χ0) is 93.7. The minimum Gasteiger partial charge on any atom is -0.392 e. The first-order chi connectivity index (χ1) is 62.5. The number of carbonyl (C=O) groups is 4. The van der Waals surface area contributed by atoms with Crippen molar-refractivity contribution in [3.05, 3.63) is 48.6 Å². The Morgan fingerprint density at radius 2 is 0.591 bits per heavy atom. The quantitative estimate of drug-likeness (QED) is 0.0847. The van der Waals surface area contributed by atoms with Gasteiger partial charge in [-0.1, -0.05) is 106 Å². The molecule has 742 valence electrons. The van der Waals surface area contributed by atoms with E-state index in [2.05, 4.69) is 107 Å².